The van der Waals surface area contributed by atoms with Gasteiger partial charge in [-0.15, -0.1) is 0 Å². The summed E-state index contributed by atoms with van der Waals surface area (Å²) in [6.45, 7) is 0. The molecule has 4 rings (SSSR count). The lowest BCUT2D eigenvalue weighted by Gasteiger charge is -2.29. The summed E-state index contributed by atoms with van der Waals surface area (Å²) in [5, 5.41) is 12.9. The summed E-state index contributed by atoms with van der Waals surface area (Å²) >= 11 is 0. The van der Waals surface area contributed by atoms with Crippen LogP contribution in [-0.2, 0) is 0 Å². The Labute approximate surface area is 141 Å². The molecule has 2 aromatic rings. The Bertz CT molecular complexity index is 786. The molecule has 1 N–H and O–H groups in total. The molecular formula is C20H19FN2O. The van der Waals surface area contributed by atoms with E-state index in [2.05, 4.69) is 11.4 Å². The van der Waals surface area contributed by atoms with Crippen molar-refractivity contribution in [2.24, 2.45) is 0 Å². The molecule has 3 atom stereocenters. The van der Waals surface area contributed by atoms with Crippen LogP contribution in [0, 0.1) is 17.1 Å². The second-order valence-corrected chi connectivity index (χ2v) is 6.65. The normalized spacial score (nSPS) is 25.2. The highest BCUT2D eigenvalue weighted by Crippen LogP contribution is 2.33. The van der Waals surface area contributed by atoms with Crippen LogP contribution in [0.15, 0.2) is 42.5 Å². The minimum Gasteiger partial charge on any atom is -0.489 e. The Kier molecular flexibility index (Phi) is 3.95. The van der Waals surface area contributed by atoms with Crippen molar-refractivity contribution in [2.75, 3.05) is 0 Å². The minimum absolute atomic E-state index is 0.117. The third kappa shape index (κ3) is 2.88. The van der Waals surface area contributed by atoms with Crippen LogP contribution in [0.1, 0.15) is 31.2 Å². The second kappa shape index (κ2) is 6.26. The molecule has 4 heteroatoms. The quantitative estimate of drug-likeness (QED) is 0.928. The third-order valence-corrected chi connectivity index (χ3v) is 5.01. The van der Waals surface area contributed by atoms with E-state index in [1.54, 1.807) is 30.3 Å². The molecule has 2 aliphatic rings. The van der Waals surface area contributed by atoms with Crippen LogP contribution in [0.5, 0.6) is 5.75 Å². The van der Waals surface area contributed by atoms with Crippen LogP contribution in [0.3, 0.4) is 0 Å². The molecular weight excluding hydrogens is 303 g/mol. The van der Waals surface area contributed by atoms with Gasteiger partial charge in [0.05, 0.1) is 5.56 Å². The van der Waals surface area contributed by atoms with Crippen molar-refractivity contribution < 1.29 is 9.13 Å². The molecule has 2 aliphatic heterocycles. The lowest BCUT2D eigenvalue weighted by atomic mass is 10.0. The van der Waals surface area contributed by atoms with E-state index in [4.69, 9.17) is 4.74 Å². The van der Waals surface area contributed by atoms with Gasteiger partial charge in [0, 0.05) is 17.6 Å². The maximum Gasteiger partial charge on any atom is 0.138 e. The van der Waals surface area contributed by atoms with Crippen LogP contribution < -0.4 is 10.1 Å². The molecule has 24 heavy (non-hydrogen) atoms. The topological polar surface area (TPSA) is 45.0 Å². The summed E-state index contributed by atoms with van der Waals surface area (Å²) in [5.41, 5.74) is 1.76. The maximum absolute atomic E-state index is 14.0. The first-order valence-corrected chi connectivity index (χ1v) is 8.44. The molecule has 0 spiro atoms. The van der Waals surface area contributed by atoms with Gasteiger partial charge in [-0.3, -0.25) is 0 Å². The molecule has 0 aliphatic carbocycles. The van der Waals surface area contributed by atoms with Crippen molar-refractivity contribution in [3.8, 4) is 22.9 Å². The highest BCUT2D eigenvalue weighted by molar-refractivity contribution is 5.67. The van der Waals surface area contributed by atoms with Crippen molar-refractivity contribution in [3.63, 3.8) is 0 Å². The van der Waals surface area contributed by atoms with Gasteiger partial charge in [0.1, 0.15) is 23.7 Å². The summed E-state index contributed by atoms with van der Waals surface area (Å²) < 4.78 is 20.2. The summed E-state index contributed by atoms with van der Waals surface area (Å²) in [6, 6.07) is 15.2. The Balaban J connectivity index is 1.63. The van der Waals surface area contributed by atoms with E-state index in [0.29, 0.717) is 29.0 Å². The van der Waals surface area contributed by atoms with Crippen LogP contribution in [0.4, 0.5) is 4.39 Å². The number of piperidine rings is 1. The van der Waals surface area contributed by atoms with Gasteiger partial charge in [0.2, 0.25) is 0 Å². The van der Waals surface area contributed by atoms with E-state index in [-0.39, 0.29) is 11.9 Å². The smallest absolute Gasteiger partial charge is 0.138 e. The van der Waals surface area contributed by atoms with Crippen molar-refractivity contribution >= 4 is 0 Å². The molecule has 0 amide bonds. The number of benzene rings is 2. The van der Waals surface area contributed by atoms with Crippen molar-refractivity contribution in [1.29, 1.82) is 5.26 Å². The Morgan fingerprint density at radius 2 is 1.83 bits per heavy atom. The van der Waals surface area contributed by atoms with E-state index in [9.17, 15) is 9.65 Å². The number of halogens is 1. The highest BCUT2D eigenvalue weighted by Gasteiger charge is 2.34. The zero-order chi connectivity index (χ0) is 16.5. The Hall–Kier alpha value is -2.38. The largest absolute Gasteiger partial charge is 0.489 e. The van der Waals surface area contributed by atoms with E-state index < -0.39 is 0 Å². The maximum atomic E-state index is 14.0. The van der Waals surface area contributed by atoms with E-state index >= 15 is 0 Å². The van der Waals surface area contributed by atoms with Crippen molar-refractivity contribution in [2.45, 2.75) is 43.9 Å². The molecule has 2 saturated heterocycles. The molecule has 2 fully saturated rings. The number of nitriles is 1. The molecule has 0 radical (unpaired) electrons. The minimum atomic E-state index is -0.270. The summed E-state index contributed by atoms with van der Waals surface area (Å²) in [7, 11) is 0. The first-order chi connectivity index (χ1) is 11.7. The zero-order valence-electron chi connectivity index (χ0n) is 13.3. The van der Waals surface area contributed by atoms with E-state index in [0.717, 1.165) is 18.4 Å². The van der Waals surface area contributed by atoms with Crippen LogP contribution >= 0.6 is 0 Å². The molecule has 3 nitrogen and oxygen atoms in total. The molecule has 0 aromatic heterocycles. The van der Waals surface area contributed by atoms with Gasteiger partial charge in [-0.25, -0.2) is 4.39 Å². The molecule has 122 valence electrons. The van der Waals surface area contributed by atoms with Gasteiger partial charge in [-0.1, -0.05) is 24.3 Å². The van der Waals surface area contributed by atoms with E-state index in [1.165, 1.54) is 18.9 Å². The SMILES string of the molecule is N#Cc1ccc(-c2ccccc2F)cc1OC1C[C@H]2CC[C@@H](C1)N2. The van der Waals surface area contributed by atoms with Gasteiger partial charge in [0.15, 0.2) is 0 Å². The number of hydrogen-bond acceptors (Lipinski definition) is 3. The average molecular weight is 322 g/mol. The number of nitrogens with zero attached hydrogens (tertiary/aromatic N) is 1. The number of ether oxygens (including phenoxy) is 1. The number of fused-ring (bicyclic) bond motifs is 2. The Morgan fingerprint density at radius 1 is 1.08 bits per heavy atom. The summed E-state index contributed by atoms with van der Waals surface area (Å²) in [4.78, 5) is 0. The zero-order valence-corrected chi connectivity index (χ0v) is 13.3. The predicted molar refractivity (Wildman–Crippen MR) is 90.1 cm³/mol. The molecule has 2 bridgehead atoms. The van der Waals surface area contributed by atoms with Gasteiger partial charge in [-0.05, 0) is 49.4 Å². The molecule has 0 saturated carbocycles. The summed E-state index contributed by atoms with van der Waals surface area (Å²) in [6.07, 6.45) is 4.44. The highest BCUT2D eigenvalue weighted by atomic mass is 19.1. The lowest BCUT2D eigenvalue weighted by molar-refractivity contribution is 0.137. The average Bonchev–Trinajstić information content (AvgIpc) is 2.94. The third-order valence-electron chi connectivity index (χ3n) is 5.01. The van der Waals surface area contributed by atoms with Gasteiger partial charge in [-0.2, -0.15) is 5.26 Å². The fourth-order valence-electron chi connectivity index (χ4n) is 3.86. The van der Waals surface area contributed by atoms with Gasteiger partial charge in [0.25, 0.3) is 0 Å². The monoisotopic (exact) mass is 322 g/mol. The Morgan fingerprint density at radius 3 is 2.54 bits per heavy atom. The van der Waals surface area contributed by atoms with E-state index in [1.807, 2.05) is 6.07 Å². The van der Waals surface area contributed by atoms with Crippen LogP contribution in [0.25, 0.3) is 11.1 Å². The second-order valence-electron chi connectivity index (χ2n) is 6.65. The first-order valence-electron chi connectivity index (χ1n) is 8.44. The standard InChI is InChI=1S/C20H19FN2O/c21-19-4-2-1-3-18(19)13-5-6-14(12-22)20(9-13)24-17-10-15-7-8-16(11-17)23-15/h1-6,9,15-17,23H,7-8,10-11H2/t15-,16+,17?. The van der Waals surface area contributed by atoms with Crippen LogP contribution in [-0.4, -0.2) is 18.2 Å². The molecule has 1 unspecified atom stereocenters. The number of hydrogen-bond donors (Lipinski definition) is 1. The van der Waals surface area contributed by atoms with Crippen LogP contribution in [0.2, 0.25) is 0 Å². The van der Waals surface area contributed by atoms with Gasteiger partial charge >= 0.3 is 0 Å². The fourth-order valence-corrected chi connectivity index (χ4v) is 3.86. The molecule has 2 aromatic carbocycles. The van der Waals surface area contributed by atoms with Crippen molar-refractivity contribution in [1.82, 2.24) is 5.32 Å². The van der Waals surface area contributed by atoms with Gasteiger partial charge < -0.3 is 10.1 Å². The number of nitrogens with one attached hydrogen (secondary N) is 1. The predicted octanol–water partition coefficient (Wildman–Crippen LogP) is 4.03. The molecule has 2 heterocycles. The van der Waals surface area contributed by atoms with Crippen molar-refractivity contribution in [3.05, 3.63) is 53.8 Å². The number of rotatable bonds is 3. The lowest BCUT2D eigenvalue weighted by Crippen LogP contribution is -2.42. The summed E-state index contributed by atoms with van der Waals surface area (Å²) in [5.74, 6) is 0.289. The fraction of sp³-hybridized carbons (Fsp3) is 0.350. The first kappa shape index (κ1) is 15.2.